The van der Waals surface area contributed by atoms with Crippen molar-refractivity contribution in [3.63, 3.8) is 0 Å². The molecule has 0 radical (unpaired) electrons. The normalized spacial score (nSPS) is 11.3. The third-order valence-corrected chi connectivity index (χ3v) is 5.25. The predicted octanol–water partition coefficient (Wildman–Crippen LogP) is 5.70. The van der Waals surface area contributed by atoms with Crippen molar-refractivity contribution in [2.24, 2.45) is 0 Å². The number of phenolic OH excluding ortho intramolecular Hbond substituents is 1. The number of nitrogens with zero attached hydrogens (tertiary/aromatic N) is 1. The summed E-state index contributed by atoms with van der Waals surface area (Å²) in [5.74, 6) is -0.351. The molecule has 0 aliphatic heterocycles. The Morgan fingerprint density at radius 2 is 1.89 bits per heavy atom. The molecule has 27 heavy (non-hydrogen) atoms. The Kier molecular flexibility index (Phi) is 4.52. The van der Waals surface area contributed by atoms with Crippen molar-refractivity contribution in [3.8, 4) is 16.9 Å². The second kappa shape index (κ2) is 7.13. The monoisotopic (exact) mass is 375 g/mol. The van der Waals surface area contributed by atoms with E-state index in [9.17, 15) is 14.3 Å². The molecule has 4 aromatic rings. The van der Waals surface area contributed by atoms with Crippen molar-refractivity contribution in [1.82, 2.24) is 4.98 Å². The van der Waals surface area contributed by atoms with E-state index in [1.165, 1.54) is 29.5 Å². The fraction of sp³-hybridized carbons (Fsp3) is 0. The van der Waals surface area contributed by atoms with Gasteiger partial charge in [0.05, 0.1) is 4.88 Å². The van der Waals surface area contributed by atoms with Gasteiger partial charge in [-0.1, -0.05) is 30.3 Å². The first-order valence-corrected chi connectivity index (χ1v) is 9.08. The zero-order valence-corrected chi connectivity index (χ0v) is 14.9. The van der Waals surface area contributed by atoms with Gasteiger partial charge in [-0.2, -0.15) is 0 Å². The largest absolute Gasteiger partial charge is 0.508 e. The van der Waals surface area contributed by atoms with Gasteiger partial charge in [-0.3, -0.25) is 4.79 Å². The SMILES string of the molecule is O=C(/C=C/c1cccc(O)c1)c1sc2ncccc2c1-c1ccc(F)cc1. The number of benzene rings is 2. The summed E-state index contributed by atoms with van der Waals surface area (Å²) in [4.78, 5) is 18.5. The first kappa shape index (κ1) is 17.1. The molecular formula is C22H14FNO2S. The Hall–Kier alpha value is -3.31. The van der Waals surface area contributed by atoms with Crippen LogP contribution >= 0.6 is 11.3 Å². The zero-order valence-electron chi connectivity index (χ0n) is 14.1. The standard InChI is InChI=1S/C22H14FNO2S/c23-16-9-7-15(8-10-16)20-18-5-2-12-24-22(18)27-21(20)19(26)11-6-14-3-1-4-17(25)13-14/h1-13,25H/b11-6+. The molecule has 3 nitrogen and oxygen atoms in total. The fourth-order valence-electron chi connectivity index (χ4n) is 2.89. The highest BCUT2D eigenvalue weighted by Gasteiger charge is 2.18. The molecule has 0 spiro atoms. The first-order valence-electron chi connectivity index (χ1n) is 8.27. The number of thiophene rings is 1. The van der Waals surface area contributed by atoms with Gasteiger partial charge >= 0.3 is 0 Å². The molecule has 2 aromatic carbocycles. The lowest BCUT2D eigenvalue weighted by Gasteiger charge is -2.03. The van der Waals surface area contributed by atoms with Gasteiger partial charge in [-0.05, 0) is 53.6 Å². The summed E-state index contributed by atoms with van der Waals surface area (Å²) < 4.78 is 13.3. The molecule has 0 atom stereocenters. The Morgan fingerprint density at radius 1 is 1.07 bits per heavy atom. The number of rotatable bonds is 4. The molecule has 132 valence electrons. The highest BCUT2D eigenvalue weighted by molar-refractivity contribution is 7.21. The maximum atomic E-state index is 13.3. The second-order valence-electron chi connectivity index (χ2n) is 5.96. The third kappa shape index (κ3) is 3.50. The van der Waals surface area contributed by atoms with Gasteiger partial charge in [0, 0.05) is 17.1 Å². The van der Waals surface area contributed by atoms with Crippen molar-refractivity contribution < 1.29 is 14.3 Å². The predicted molar refractivity (Wildman–Crippen MR) is 106 cm³/mol. The molecule has 0 saturated heterocycles. The number of ketones is 1. The summed E-state index contributed by atoms with van der Waals surface area (Å²) in [5, 5.41) is 10.4. The van der Waals surface area contributed by atoms with E-state index in [-0.39, 0.29) is 17.3 Å². The van der Waals surface area contributed by atoms with E-state index in [4.69, 9.17) is 0 Å². The third-order valence-electron chi connectivity index (χ3n) is 4.12. The van der Waals surface area contributed by atoms with Gasteiger partial charge in [0.1, 0.15) is 16.4 Å². The number of hydrogen-bond acceptors (Lipinski definition) is 4. The maximum absolute atomic E-state index is 13.3. The van der Waals surface area contributed by atoms with Crippen LogP contribution in [-0.2, 0) is 0 Å². The Balaban J connectivity index is 1.80. The van der Waals surface area contributed by atoms with Gasteiger partial charge < -0.3 is 5.11 Å². The van der Waals surface area contributed by atoms with E-state index in [1.54, 1.807) is 48.7 Å². The molecule has 1 N–H and O–H groups in total. The smallest absolute Gasteiger partial charge is 0.196 e. The van der Waals surface area contributed by atoms with E-state index in [1.807, 2.05) is 12.1 Å². The van der Waals surface area contributed by atoms with Gasteiger partial charge in [-0.15, -0.1) is 11.3 Å². The van der Waals surface area contributed by atoms with E-state index >= 15 is 0 Å². The van der Waals surface area contributed by atoms with Crippen molar-refractivity contribution >= 4 is 33.4 Å². The van der Waals surface area contributed by atoms with Gasteiger partial charge in [0.25, 0.3) is 0 Å². The fourth-order valence-corrected chi connectivity index (χ4v) is 3.97. The molecule has 5 heteroatoms. The van der Waals surface area contributed by atoms with Crippen LogP contribution in [0.25, 0.3) is 27.4 Å². The van der Waals surface area contributed by atoms with E-state index in [0.717, 1.165) is 26.9 Å². The van der Waals surface area contributed by atoms with Crippen molar-refractivity contribution in [3.05, 3.63) is 89.2 Å². The molecule has 0 bridgehead atoms. The highest BCUT2D eigenvalue weighted by atomic mass is 32.1. The van der Waals surface area contributed by atoms with Crippen LogP contribution in [0.3, 0.4) is 0 Å². The Bertz CT molecular complexity index is 1160. The van der Waals surface area contributed by atoms with Crippen LogP contribution in [0.5, 0.6) is 5.75 Å². The minimum Gasteiger partial charge on any atom is -0.508 e. The van der Waals surface area contributed by atoms with Crippen LogP contribution in [0.15, 0.2) is 72.9 Å². The van der Waals surface area contributed by atoms with Crippen LogP contribution in [0.1, 0.15) is 15.2 Å². The lowest BCUT2D eigenvalue weighted by molar-refractivity contribution is 0.105. The van der Waals surface area contributed by atoms with Gasteiger partial charge in [0.2, 0.25) is 0 Å². The number of aromatic hydroxyl groups is 1. The molecule has 4 rings (SSSR count). The molecule has 2 aromatic heterocycles. The molecule has 0 aliphatic carbocycles. The van der Waals surface area contributed by atoms with Crippen molar-refractivity contribution in [2.75, 3.05) is 0 Å². The molecule has 0 amide bonds. The lowest BCUT2D eigenvalue weighted by atomic mass is 10.0. The summed E-state index contributed by atoms with van der Waals surface area (Å²) >= 11 is 1.31. The first-order chi connectivity index (χ1) is 13.1. The average molecular weight is 375 g/mol. The van der Waals surface area contributed by atoms with Gasteiger partial charge in [0.15, 0.2) is 5.78 Å². The summed E-state index contributed by atoms with van der Waals surface area (Å²) in [5.41, 5.74) is 2.25. The Labute approximate surface area is 159 Å². The number of carbonyl (C=O) groups excluding carboxylic acids is 1. The van der Waals surface area contributed by atoms with Crippen LogP contribution in [0.4, 0.5) is 4.39 Å². The number of allylic oxidation sites excluding steroid dienone is 1. The molecule has 0 unspecified atom stereocenters. The molecule has 0 aliphatic rings. The molecule has 0 fully saturated rings. The number of hydrogen-bond donors (Lipinski definition) is 1. The number of aromatic nitrogens is 1. The topological polar surface area (TPSA) is 50.2 Å². The zero-order chi connectivity index (χ0) is 18.8. The molecular weight excluding hydrogens is 361 g/mol. The minimum absolute atomic E-state index is 0.141. The van der Waals surface area contributed by atoms with Crippen LogP contribution in [0.2, 0.25) is 0 Å². The molecule has 2 heterocycles. The quantitative estimate of drug-likeness (QED) is 0.367. The highest BCUT2D eigenvalue weighted by Crippen LogP contribution is 2.38. The van der Waals surface area contributed by atoms with Crippen LogP contribution in [-0.4, -0.2) is 15.9 Å². The summed E-state index contributed by atoms with van der Waals surface area (Å²) in [6, 6.07) is 16.5. The van der Waals surface area contributed by atoms with Crippen molar-refractivity contribution in [1.29, 1.82) is 0 Å². The minimum atomic E-state index is -0.326. The molecule has 0 saturated carbocycles. The number of phenols is 1. The summed E-state index contributed by atoms with van der Waals surface area (Å²) in [7, 11) is 0. The second-order valence-corrected chi connectivity index (χ2v) is 6.96. The maximum Gasteiger partial charge on any atom is 0.196 e. The average Bonchev–Trinajstić information content (AvgIpc) is 3.06. The number of halogens is 1. The van der Waals surface area contributed by atoms with E-state index in [2.05, 4.69) is 4.98 Å². The number of carbonyl (C=O) groups is 1. The van der Waals surface area contributed by atoms with E-state index < -0.39 is 0 Å². The summed E-state index contributed by atoms with van der Waals surface area (Å²) in [6.07, 6.45) is 4.82. The Morgan fingerprint density at radius 3 is 2.67 bits per heavy atom. The number of fused-ring (bicyclic) bond motifs is 1. The lowest BCUT2D eigenvalue weighted by Crippen LogP contribution is -1.93. The van der Waals surface area contributed by atoms with Crippen LogP contribution in [0, 0.1) is 5.82 Å². The van der Waals surface area contributed by atoms with Crippen molar-refractivity contribution in [2.45, 2.75) is 0 Å². The summed E-state index contributed by atoms with van der Waals surface area (Å²) in [6.45, 7) is 0. The van der Waals surface area contributed by atoms with Gasteiger partial charge in [-0.25, -0.2) is 9.37 Å². The van der Waals surface area contributed by atoms with E-state index in [0.29, 0.717) is 4.88 Å². The van der Waals surface area contributed by atoms with Crippen LogP contribution < -0.4 is 0 Å². The number of pyridine rings is 1.